The number of rotatable bonds is 5. The molecule has 0 amide bonds. The molecule has 0 atom stereocenters. The van der Waals surface area contributed by atoms with Crippen LogP contribution < -0.4 is 0 Å². The van der Waals surface area contributed by atoms with Gasteiger partial charge in [-0.15, -0.1) is 0 Å². The average Bonchev–Trinajstić information content (AvgIpc) is 2.29. The van der Waals surface area contributed by atoms with Crippen molar-refractivity contribution in [3.8, 4) is 0 Å². The van der Waals surface area contributed by atoms with Crippen LogP contribution in [-0.2, 0) is 11.2 Å². The first-order valence-electron chi connectivity index (χ1n) is 5.44. The molecule has 2 nitrogen and oxygen atoms in total. The molecular weight excluding hydrogens is 226 g/mol. The van der Waals surface area contributed by atoms with Crippen molar-refractivity contribution >= 4 is 12.0 Å². The van der Waals surface area contributed by atoms with Crippen LogP contribution in [0.1, 0.15) is 30.9 Å². The van der Waals surface area contributed by atoms with Gasteiger partial charge in [-0.1, -0.05) is 19.4 Å². The van der Waals surface area contributed by atoms with Gasteiger partial charge in [0.05, 0.1) is 0 Å². The van der Waals surface area contributed by atoms with E-state index in [4.69, 9.17) is 5.11 Å². The van der Waals surface area contributed by atoms with Gasteiger partial charge in [0, 0.05) is 6.08 Å². The van der Waals surface area contributed by atoms with Crippen LogP contribution in [0.15, 0.2) is 18.2 Å². The Morgan fingerprint density at radius 3 is 2.71 bits per heavy atom. The molecule has 0 heterocycles. The third-order valence-corrected chi connectivity index (χ3v) is 2.42. The molecule has 1 rings (SSSR count). The second-order valence-corrected chi connectivity index (χ2v) is 3.70. The number of halogens is 2. The van der Waals surface area contributed by atoms with Crippen molar-refractivity contribution in [2.24, 2.45) is 0 Å². The highest BCUT2D eigenvalue weighted by Crippen LogP contribution is 2.20. The van der Waals surface area contributed by atoms with E-state index in [2.05, 4.69) is 0 Å². The summed E-state index contributed by atoms with van der Waals surface area (Å²) in [4.78, 5) is 10.4. The fourth-order valence-electron chi connectivity index (χ4n) is 1.53. The third kappa shape index (κ3) is 3.66. The molecule has 1 N–H and O–H groups in total. The number of aliphatic carboxylic acids is 1. The van der Waals surface area contributed by atoms with Crippen molar-refractivity contribution in [1.29, 1.82) is 0 Å². The van der Waals surface area contributed by atoms with E-state index < -0.39 is 17.6 Å². The lowest BCUT2D eigenvalue weighted by Gasteiger charge is -2.07. The summed E-state index contributed by atoms with van der Waals surface area (Å²) in [5, 5.41) is 8.51. The Morgan fingerprint density at radius 1 is 1.41 bits per heavy atom. The highest BCUT2D eigenvalue weighted by molar-refractivity contribution is 5.85. The van der Waals surface area contributed by atoms with Gasteiger partial charge in [-0.05, 0) is 36.1 Å². The van der Waals surface area contributed by atoms with Crippen molar-refractivity contribution in [1.82, 2.24) is 0 Å². The number of benzene rings is 1. The van der Waals surface area contributed by atoms with E-state index in [1.165, 1.54) is 12.1 Å². The highest BCUT2D eigenvalue weighted by atomic mass is 19.2. The highest BCUT2D eigenvalue weighted by Gasteiger charge is 2.11. The van der Waals surface area contributed by atoms with Crippen LogP contribution in [0.25, 0.3) is 6.08 Å². The molecule has 0 aliphatic heterocycles. The van der Waals surface area contributed by atoms with Crippen LogP contribution in [0.4, 0.5) is 8.78 Å². The molecule has 0 aromatic heterocycles. The van der Waals surface area contributed by atoms with Gasteiger partial charge in [-0.2, -0.15) is 0 Å². The van der Waals surface area contributed by atoms with Gasteiger partial charge in [-0.3, -0.25) is 0 Å². The Hall–Kier alpha value is -1.71. The van der Waals surface area contributed by atoms with Crippen molar-refractivity contribution in [3.63, 3.8) is 0 Å². The van der Waals surface area contributed by atoms with Gasteiger partial charge < -0.3 is 5.11 Å². The summed E-state index contributed by atoms with van der Waals surface area (Å²) >= 11 is 0. The standard InChI is InChI=1S/C13H14F2O2/c1-2-3-4-10-9(6-8-12(16)17)5-7-11(14)13(10)15/h5-8H,2-4H2,1H3,(H,16,17). The molecule has 0 radical (unpaired) electrons. The summed E-state index contributed by atoms with van der Waals surface area (Å²) in [5.41, 5.74) is 0.657. The zero-order valence-corrected chi connectivity index (χ0v) is 9.54. The first kappa shape index (κ1) is 13.4. The molecule has 0 unspecified atom stereocenters. The maximum atomic E-state index is 13.6. The first-order chi connectivity index (χ1) is 8.06. The predicted molar refractivity (Wildman–Crippen MR) is 61.6 cm³/mol. The number of unbranched alkanes of at least 4 members (excludes halogenated alkanes) is 1. The summed E-state index contributed by atoms with van der Waals surface area (Å²) in [6, 6.07) is 2.40. The maximum Gasteiger partial charge on any atom is 0.328 e. The first-order valence-corrected chi connectivity index (χ1v) is 5.44. The predicted octanol–water partition coefficient (Wildman–Crippen LogP) is 3.41. The minimum absolute atomic E-state index is 0.240. The number of carbonyl (C=O) groups is 1. The Bertz CT molecular complexity index is 439. The Morgan fingerprint density at radius 2 is 2.12 bits per heavy atom. The van der Waals surface area contributed by atoms with Gasteiger partial charge in [0.1, 0.15) is 0 Å². The number of hydrogen-bond acceptors (Lipinski definition) is 1. The number of carboxylic acid groups (broad SMARTS) is 1. The Kier molecular flexibility index (Phi) is 4.82. The SMILES string of the molecule is CCCCc1c(C=CC(=O)O)ccc(F)c1F. The minimum Gasteiger partial charge on any atom is -0.478 e. The molecule has 0 fully saturated rings. The van der Waals surface area contributed by atoms with Crippen molar-refractivity contribution in [2.45, 2.75) is 26.2 Å². The zero-order valence-electron chi connectivity index (χ0n) is 9.54. The fourth-order valence-corrected chi connectivity index (χ4v) is 1.53. The summed E-state index contributed by atoms with van der Waals surface area (Å²) < 4.78 is 26.6. The largest absolute Gasteiger partial charge is 0.478 e. The molecule has 0 saturated heterocycles. The van der Waals surface area contributed by atoms with E-state index in [1.807, 2.05) is 6.92 Å². The molecule has 4 heteroatoms. The third-order valence-electron chi connectivity index (χ3n) is 2.42. The molecule has 0 aliphatic rings. The average molecular weight is 240 g/mol. The van der Waals surface area contributed by atoms with Gasteiger partial charge in [0.15, 0.2) is 11.6 Å². The van der Waals surface area contributed by atoms with Gasteiger partial charge in [-0.25, -0.2) is 13.6 Å². The molecule has 17 heavy (non-hydrogen) atoms. The van der Waals surface area contributed by atoms with Crippen LogP contribution in [0.2, 0.25) is 0 Å². The monoisotopic (exact) mass is 240 g/mol. The maximum absolute atomic E-state index is 13.6. The van der Waals surface area contributed by atoms with Crippen LogP contribution in [0.5, 0.6) is 0 Å². The molecular formula is C13H14F2O2. The number of carboxylic acids is 1. The normalized spacial score (nSPS) is 11.0. The zero-order chi connectivity index (χ0) is 12.8. The van der Waals surface area contributed by atoms with Crippen LogP contribution >= 0.6 is 0 Å². The van der Waals surface area contributed by atoms with Crippen molar-refractivity contribution in [3.05, 3.63) is 41.0 Å². The molecule has 0 spiro atoms. The fraction of sp³-hybridized carbons (Fsp3) is 0.308. The van der Waals surface area contributed by atoms with E-state index in [1.54, 1.807) is 0 Å². The van der Waals surface area contributed by atoms with Crippen molar-refractivity contribution in [2.75, 3.05) is 0 Å². The van der Waals surface area contributed by atoms with Crippen molar-refractivity contribution < 1.29 is 18.7 Å². The molecule has 92 valence electrons. The quantitative estimate of drug-likeness (QED) is 0.801. The van der Waals surface area contributed by atoms with E-state index in [0.29, 0.717) is 12.0 Å². The van der Waals surface area contributed by atoms with Crippen LogP contribution in [0, 0.1) is 11.6 Å². The summed E-state index contributed by atoms with van der Waals surface area (Å²) in [7, 11) is 0. The topological polar surface area (TPSA) is 37.3 Å². The Labute approximate surface area is 98.6 Å². The Balaban J connectivity index is 3.10. The molecule has 0 aliphatic carbocycles. The molecule has 0 saturated carbocycles. The molecule has 1 aromatic carbocycles. The van der Waals surface area contributed by atoms with Gasteiger partial charge in [0.25, 0.3) is 0 Å². The summed E-state index contributed by atoms with van der Waals surface area (Å²) in [6.45, 7) is 1.95. The van der Waals surface area contributed by atoms with Gasteiger partial charge in [0.2, 0.25) is 0 Å². The van der Waals surface area contributed by atoms with Gasteiger partial charge >= 0.3 is 5.97 Å². The van der Waals surface area contributed by atoms with E-state index in [9.17, 15) is 13.6 Å². The van der Waals surface area contributed by atoms with E-state index in [-0.39, 0.29) is 5.56 Å². The lowest BCUT2D eigenvalue weighted by molar-refractivity contribution is -0.131. The molecule has 1 aromatic rings. The van der Waals surface area contributed by atoms with Crippen LogP contribution in [-0.4, -0.2) is 11.1 Å². The molecule has 0 bridgehead atoms. The minimum atomic E-state index is -1.11. The smallest absolute Gasteiger partial charge is 0.328 e. The second-order valence-electron chi connectivity index (χ2n) is 3.70. The lowest BCUT2D eigenvalue weighted by atomic mass is 10.0. The lowest BCUT2D eigenvalue weighted by Crippen LogP contribution is -1.99. The van der Waals surface area contributed by atoms with E-state index >= 15 is 0 Å². The summed E-state index contributed by atoms with van der Waals surface area (Å²) in [6.07, 6.45) is 4.20. The second kappa shape index (κ2) is 6.13. The number of hydrogen-bond donors (Lipinski definition) is 1. The summed E-state index contributed by atoms with van der Waals surface area (Å²) in [5.74, 6) is -2.90. The van der Waals surface area contributed by atoms with E-state index in [0.717, 1.165) is 25.0 Å². The van der Waals surface area contributed by atoms with Crippen LogP contribution in [0.3, 0.4) is 0 Å².